The van der Waals surface area contributed by atoms with E-state index < -0.39 is 0 Å². The summed E-state index contributed by atoms with van der Waals surface area (Å²) in [7, 11) is 0. The third-order valence-electron chi connectivity index (χ3n) is 3.76. The number of likely N-dealkylation sites (tertiary alicyclic amines) is 1. The van der Waals surface area contributed by atoms with Crippen molar-refractivity contribution in [3.63, 3.8) is 0 Å². The van der Waals surface area contributed by atoms with E-state index in [-0.39, 0.29) is 23.1 Å². The lowest BCUT2D eigenvalue weighted by atomic mass is 9.80. The number of amides is 2. The maximum Gasteiger partial charge on any atom is 0.233 e. The summed E-state index contributed by atoms with van der Waals surface area (Å²) in [5, 5.41) is 0. The molecular weight excluding hydrogens is 238 g/mol. The molecule has 2 amide bonds. The van der Waals surface area contributed by atoms with Crippen LogP contribution in [0.1, 0.15) is 32.8 Å². The monoisotopic (exact) mass is 259 g/mol. The van der Waals surface area contributed by atoms with Gasteiger partial charge in [-0.15, -0.1) is 0 Å². The van der Waals surface area contributed by atoms with Crippen LogP contribution in [0.25, 0.3) is 0 Å². The van der Waals surface area contributed by atoms with Gasteiger partial charge in [-0.2, -0.15) is 0 Å². The van der Waals surface area contributed by atoms with E-state index >= 15 is 0 Å². The molecule has 102 valence electrons. The van der Waals surface area contributed by atoms with Crippen LogP contribution in [-0.4, -0.2) is 23.3 Å². The number of benzene rings is 1. The molecule has 0 aliphatic carbocycles. The second-order valence-electron chi connectivity index (χ2n) is 6.24. The van der Waals surface area contributed by atoms with Gasteiger partial charge in [-0.1, -0.05) is 51.1 Å². The number of imide groups is 1. The molecule has 1 atom stereocenters. The minimum atomic E-state index is -0.171. The Balaban J connectivity index is 2.02. The van der Waals surface area contributed by atoms with Crippen LogP contribution in [0.3, 0.4) is 0 Å². The fraction of sp³-hybridized carbons (Fsp3) is 0.500. The van der Waals surface area contributed by atoms with E-state index in [4.69, 9.17) is 0 Å². The van der Waals surface area contributed by atoms with Gasteiger partial charge in [-0.05, 0) is 17.4 Å². The predicted octanol–water partition coefficient (Wildman–Crippen LogP) is 2.65. The van der Waals surface area contributed by atoms with Crippen LogP contribution in [0.2, 0.25) is 0 Å². The molecule has 1 fully saturated rings. The Morgan fingerprint density at radius 2 is 1.79 bits per heavy atom. The van der Waals surface area contributed by atoms with Crippen LogP contribution in [0.5, 0.6) is 0 Å². The minimum absolute atomic E-state index is 0.00608. The van der Waals surface area contributed by atoms with E-state index in [2.05, 4.69) is 0 Å². The topological polar surface area (TPSA) is 37.4 Å². The standard InChI is InChI=1S/C16H21NO2/c1-16(2,3)13-11-14(18)17(15(13)19)10-9-12-7-5-4-6-8-12/h4-8,13H,9-11H2,1-3H3. The smallest absolute Gasteiger partial charge is 0.233 e. The molecule has 19 heavy (non-hydrogen) atoms. The highest BCUT2D eigenvalue weighted by Crippen LogP contribution is 2.35. The Hall–Kier alpha value is -1.64. The van der Waals surface area contributed by atoms with E-state index in [0.717, 1.165) is 12.0 Å². The van der Waals surface area contributed by atoms with Crippen molar-refractivity contribution in [2.45, 2.75) is 33.6 Å². The van der Waals surface area contributed by atoms with Crippen molar-refractivity contribution in [1.82, 2.24) is 4.90 Å². The first-order valence-electron chi connectivity index (χ1n) is 6.78. The molecule has 1 heterocycles. The second-order valence-corrected chi connectivity index (χ2v) is 6.24. The molecule has 1 aliphatic heterocycles. The van der Waals surface area contributed by atoms with Crippen LogP contribution in [0, 0.1) is 11.3 Å². The lowest BCUT2D eigenvalue weighted by Crippen LogP contribution is -2.35. The molecule has 1 aromatic carbocycles. The summed E-state index contributed by atoms with van der Waals surface area (Å²) in [5.74, 6) is -0.204. The van der Waals surface area contributed by atoms with Gasteiger partial charge in [0.2, 0.25) is 11.8 Å². The maximum absolute atomic E-state index is 12.3. The molecule has 2 rings (SSSR count). The number of hydrogen-bond donors (Lipinski definition) is 0. The van der Waals surface area contributed by atoms with Crippen molar-refractivity contribution < 1.29 is 9.59 Å². The van der Waals surface area contributed by atoms with Gasteiger partial charge >= 0.3 is 0 Å². The number of nitrogens with zero attached hydrogens (tertiary/aromatic N) is 1. The summed E-state index contributed by atoms with van der Waals surface area (Å²) in [6.07, 6.45) is 1.09. The van der Waals surface area contributed by atoms with E-state index in [1.54, 1.807) is 0 Å². The van der Waals surface area contributed by atoms with Gasteiger partial charge in [0.05, 0.1) is 5.92 Å². The molecule has 0 spiro atoms. The average molecular weight is 259 g/mol. The van der Waals surface area contributed by atoms with Crippen molar-refractivity contribution in [3.05, 3.63) is 35.9 Å². The minimum Gasteiger partial charge on any atom is -0.282 e. The molecular formula is C16H21NO2. The quantitative estimate of drug-likeness (QED) is 0.783. The molecule has 1 unspecified atom stereocenters. The van der Waals surface area contributed by atoms with Crippen LogP contribution in [0.15, 0.2) is 30.3 Å². The van der Waals surface area contributed by atoms with Crippen molar-refractivity contribution in [1.29, 1.82) is 0 Å². The van der Waals surface area contributed by atoms with Gasteiger partial charge in [0.15, 0.2) is 0 Å². The molecule has 0 bridgehead atoms. The second kappa shape index (κ2) is 5.16. The molecule has 0 N–H and O–H groups in total. The summed E-state index contributed by atoms with van der Waals surface area (Å²) < 4.78 is 0. The fourth-order valence-corrected chi connectivity index (χ4v) is 2.48. The molecule has 3 heteroatoms. The Kier molecular flexibility index (Phi) is 3.74. The Labute approximate surface area is 114 Å². The summed E-state index contributed by atoms with van der Waals surface area (Å²) >= 11 is 0. The highest BCUT2D eigenvalue weighted by molar-refractivity contribution is 6.03. The predicted molar refractivity (Wildman–Crippen MR) is 74.4 cm³/mol. The first-order chi connectivity index (χ1) is 8.89. The van der Waals surface area contributed by atoms with Crippen LogP contribution in [0.4, 0.5) is 0 Å². The Morgan fingerprint density at radius 3 is 2.32 bits per heavy atom. The van der Waals surface area contributed by atoms with Gasteiger partial charge in [0.25, 0.3) is 0 Å². The van der Waals surface area contributed by atoms with Crippen molar-refractivity contribution >= 4 is 11.8 Å². The van der Waals surface area contributed by atoms with E-state index in [1.165, 1.54) is 4.90 Å². The summed E-state index contributed by atoms with van der Waals surface area (Å²) in [6, 6.07) is 9.95. The highest BCUT2D eigenvalue weighted by atomic mass is 16.2. The van der Waals surface area contributed by atoms with E-state index in [9.17, 15) is 9.59 Å². The Morgan fingerprint density at radius 1 is 1.16 bits per heavy atom. The lowest BCUT2D eigenvalue weighted by molar-refractivity contribution is -0.140. The zero-order valence-corrected chi connectivity index (χ0v) is 11.8. The van der Waals surface area contributed by atoms with Crippen LogP contribution >= 0.6 is 0 Å². The van der Waals surface area contributed by atoms with Crippen molar-refractivity contribution in [3.8, 4) is 0 Å². The molecule has 0 radical (unpaired) electrons. The highest BCUT2D eigenvalue weighted by Gasteiger charge is 2.44. The van der Waals surface area contributed by atoms with Gasteiger partial charge in [0.1, 0.15) is 0 Å². The van der Waals surface area contributed by atoms with Crippen LogP contribution in [-0.2, 0) is 16.0 Å². The summed E-state index contributed by atoms with van der Waals surface area (Å²) in [5.41, 5.74) is 1.01. The molecule has 0 saturated carbocycles. The first kappa shape index (κ1) is 13.8. The maximum atomic E-state index is 12.3. The third kappa shape index (κ3) is 3.03. The van der Waals surface area contributed by atoms with E-state index in [0.29, 0.717) is 13.0 Å². The van der Waals surface area contributed by atoms with Crippen molar-refractivity contribution in [2.75, 3.05) is 6.54 Å². The molecule has 1 aromatic rings. The molecule has 3 nitrogen and oxygen atoms in total. The summed E-state index contributed by atoms with van der Waals surface area (Å²) in [6.45, 7) is 6.55. The molecule has 1 saturated heterocycles. The number of carbonyl (C=O) groups is 2. The third-order valence-corrected chi connectivity index (χ3v) is 3.76. The SMILES string of the molecule is CC(C)(C)C1CC(=O)N(CCc2ccccc2)C1=O. The largest absolute Gasteiger partial charge is 0.282 e. The van der Waals surface area contributed by atoms with Gasteiger partial charge in [-0.3, -0.25) is 14.5 Å². The van der Waals surface area contributed by atoms with Gasteiger partial charge < -0.3 is 0 Å². The van der Waals surface area contributed by atoms with Gasteiger partial charge in [-0.25, -0.2) is 0 Å². The average Bonchev–Trinajstić information content (AvgIpc) is 2.64. The lowest BCUT2D eigenvalue weighted by Gasteiger charge is -2.24. The van der Waals surface area contributed by atoms with E-state index in [1.807, 2.05) is 51.1 Å². The number of rotatable bonds is 3. The van der Waals surface area contributed by atoms with Crippen LogP contribution < -0.4 is 0 Å². The fourth-order valence-electron chi connectivity index (χ4n) is 2.48. The number of hydrogen-bond acceptors (Lipinski definition) is 2. The zero-order valence-electron chi connectivity index (χ0n) is 11.8. The Bertz CT molecular complexity index is 473. The van der Waals surface area contributed by atoms with Crippen molar-refractivity contribution in [2.24, 2.45) is 11.3 Å². The summed E-state index contributed by atoms with van der Waals surface area (Å²) in [4.78, 5) is 25.7. The first-order valence-corrected chi connectivity index (χ1v) is 6.78. The number of carbonyl (C=O) groups excluding carboxylic acids is 2. The zero-order chi connectivity index (χ0) is 14.0. The molecule has 1 aliphatic rings. The normalized spacial score (nSPS) is 20.2. The molecule has 0 aromatic heterocycles. The van der Waals surface area contributed by atoms with Gasteiger partial charge in [0, 0.05) is 13.0 Å².